The number of carbonyl (C=O) groups is 1. The lowest BCUT2D eigenvalue weighted by Gasteiger charge is -2.15. The molecule has 134 valence electrons. The minimum atomic E-state index is -3.61. The number of anilines is 1. The largest absolute Gasteiger partial charge is 0.492 e. The van der Waals surface area contributed by atoms with E-state index in [0.29, 0.717) is 29.2 Å². The highest BCUT2D eigenvalue weighted by molar-refractivity contribution is 7.89. The molecule has 1 amide bonds. The van der Waals surface area contributed by atoms with Crippen LogP contribution in [0.25, 0.3) is 0 Å². The first kappa shape index (κ1) is 19.0. The molecule has 0 saturated carbocycles. The van der Waals surface area contributed by atoms with E-state index in [1.807, 2.05) is 13.0 Å². The molecule has 0 aliphatic rings. The molecule has 2 aromatic carbocycles. The number of amides is 1. The van der Waals surface area contributed by atoms with Gasteiger partial charge in [-0.15, -0.1) is 0 Å². The van der Waals surface area contributed by atoms with Crippen molar-refractivity contribution < 1.29 is 17.9 Å². The van der Waals surface area contributed by atoms with Gasteiger partial charge in [0.1, 0.15) is 5.75 Å². The van der Waals surface area contributed by atoms with E-state index in [1.165, 1.54) is 26.2 Å². The third-order valence-corrected chi connectivity index (χ3v) is 5.48. The maximum atomic E-state index is 12.7. The number of para-hydroxylation sites is 2. The quantitative estimate of drug-likeness (QED) is 0.857. The first-order valence-electron chi connectivity index (χ1n) is 7.83. The maximum absolute atomic E-state index is 12.7. The topological polar surface area (TPSA) is 75.7 Å². The van der Waals surface area contributed by atoms with Crippen molar-refractivity contribution in [1.29, 1.82) is 0 Å². The predicted octanol–water partition coefficient (Wildman–Crippen LogP) is 2.90. The molecule has 7 heteroatoms. The van der Waals surface area contributed by atoms with Gasteiger partial charge in [0.05, 0.1) is 17.2 Å². The van der Waals surface area contributed by atoms with Crippen molar-refractivity contribution >= 4 is 21.6 Å². The highest BCUT2D eigenvalue weighted by atomic mass is 32.2. The van der Waals surface area contributed by atoms with Crippen LogP contribution in [0.15, 0.2) is 47.4 Å². The Morgan fingerprint density at radius 3 is 2.48 bits per heavy atom. The average Bonchev–Trinajstić information content (AvgIpc) is 2.56. The van der Waals surface area contributed by atoms with Crippen molar-refractivity contribution in [1.82, 2.24) is 4.31 Å². The standard InChI is InChI=1S/C18H22N2O4S/c1-5-24-17-9-7-6-8-16(17)19-18(21)15-12-14(11-10-13(15)2)25(22,23)20(3)4/h6-12H,5H2,1-4H3,(H,19,21). The molecule has 0 aliphatic heterocycles. The van der Waals surface area contributed by atoms with Gasteiger partial charge in [-0.05, 0) is 43.7 Å². The number of carbonyl (C=O) groups excluding carboxylic acids is 1. The molecule has 0 bridgehead atoms. The summed E-state index contributed by atoms with van der Waals surface area (Å²) in [6.07, 6.45) is 0. The summed E-state index contributed by atoms with van der Waals surface area (Å²) in [5.41, 5.74) is 1.52. The molecule has 0 fully saturated rings. The molecule has 25 heavy (non-hydrogen) atoms. The molecule has 0 aromatic heterocycles. The molecule has 2 aromatic rings. The van der Waals surface area contributed by atoms with Gasteiger partial charge >= 0.3 is 0 Å². The minimum absolute atomic E-state index is 0.0753. The lowest BCUT2D eigenvalue weighted by atomic mass is 10.1. The van der Waals surface area contributed by atoms with Gasteiger partial charge < -0.3 is 10.1 Å². The van der Waals surface area contributed by atoms with Crippen LogP contribution in [-0.4, -0.2) is 39.3 Å². The van der Waals surface area contributed by atoms with Gasteiger partial charge in [0.2, 0.25) is 10.0 Å². The van der Waals surface area contributed by atoms with Crippen molar-refractivity contribution in [3.8, 4) is 5.75 Å². The number of ether oxygens (including phenoxy) is 1. The van der Waals surface area contributed by atoms with Gasteiger partial charge in [-0.25, -0.2) is 12.7 Å². The van der Waals surface area contributed by atoms with Crippen LogP contribution in [0.4, 0.5) is 5.69 Å². The van der Waals surface area contributed by atoms with E-state index in [0.717, 1.165) is 4.31 Å². The highest BCUT2D eigenvalue weighted by Crippen LogP contribution is 2.25. The summed E-state index contributed by atoms with van der Waals surface area (Å²) in [5.74, 6) is 0.175. The van der Waals surface area contributed by atoms with Gasteiger partial charge in [0, 0.05) is 19.7 Å². The van der Waals surface area contributed by atoms with Crippen LogP contribution in [0, 0.1) is 6.92 Å². The zero-order valence-corrected chi connectivity index (χ0v) is 15.6. The fraction of sp³-hybridized carbons (Fsp3) is 0.278. The Labute approximate surface area is 148 Å². The number of hydrogen-bond donors (Lipinski definition) is 1. The SMILES string of the molecule is CCOc1ccccc1NC(=O)c1cc(S(=O)(=O)N(C)C)ccc1C. The number of sulfonamides is 1. The third kappa shape index (κ3) is 4.18. The van der Waals surface area contributed by atoms with Crippen molar-refractivity contribution in [3.05, 3.63) is 53.6 Å². The summed E-state index contributed by atoms with van der Waals surface area (Å²) in [5, 5.41) is 2.79. The van der Waals surface area contributed by atoms with E-state index in [1.54, 1.807) is 31.2 Å². The fourth-order valence-electron chi connectivity index (χ4n) is 2.26. The van der Waals surface area contributed by atoms with E-state index in [2.05, 4.69) is 5.32 Å². The van der Waals surface area contributed by atoms with Gasteiger partial charge in [-0.3, -0.25) is 4.79 Å². The Kier molecular flexibility index (Phi) is 5.81. The van der Waals surface area contributed by atoms with E-state index >= 15 is 0 Å². The molecule has 0 radical (unpaired) electrons. The molecule has 6 nitrogen and oxygen atoms in total. The molecule has 0 atom stereocenters. The molecule has 0 heterocycles. The first-order valence-corrected chi connectivity index (χ1v) is 9.27. The van der Waals surface area contributed by atoms with E-state index in [-0.39, 0.29) is 10.8 Å². The Bertz CT molecular complexity index is 876. The van der Waals surface area contributed by atoms with Crippen LogP contribution in [0.5, 0.6) is 5.75 Å². The molecule has 0 aliphatic carbocycles. The summed E-state index contributed by atoms with van der Waals surface area (Å²) in [7, 11) is -0.707. The van der Waals surface area contributed by atoms with E-state index < -0.39 is 10.0 Å². The number of rotatable bonds is 6. The van der Waals surface area contributed by atoms with Crippen molar-refractivity contribution in [2.45, 2.75) is 18.7 Å². The normalized spacial score (nSPS) is 11.4. The summed E-state index contributed by atoms with van der Waals surface area (Å²) in [4.78, 5) is 12.7. The number of hydrogen-bond acceptors (Lipinski definition) is 4. The maximum Gasteiger partial charge on any atom is 0.256 e. The van der Waals surface area contributed by atoms with E-state index in [9.17, 15) is 13.2 Å². The number of benzene rings is 2. The highest BCUT2D eigenvalue weighted by Gasteiger charge is 2.20. The van der Waals surface area contributed by atoms with Crippen LogP contribution < -0.4 is 10.1 Å². The number of nitrogens with one attached hydrogen (secondary N) is 1. The average molecular weight is 362 g/mol. The fourth-order valence-corrected chi connectivity index (χ4v) is 3.19. The van der Waals surface area contributed by atoms with Gasteiger partial charge in [0.15, 0.2) is 0 Å². The molecule has 0 saturated heterocycles. The lowest BCUT2D eigenvalue weighted by molar-refractivity contribution is 0.102. The lowest BCUT2D eigenvalue weighted by Crippen LogP contribution is -2.23. The Morgan fingerprint density at radius 2 is 1.84 bits per heavy atom. The molecule has 0 spiro atoms. The molecular weight excluding hydrogens is 340 g/mol. The number of nitrogens with zero attached hydrogens (tertiary/aromatic N) is 1. The second-order valence-corrected chi connectivity index (χ2v) is 7.80. The van der Waals surface area contributed by atoms with Crippen LogP contribution in [0.3, 0.4) is 0 Å². The molecule has 1 N–H and O–H groups in total. The van der Waals surface area contributed by atoms with Crippen molar-refractivity contribution in [3.63, 3.8) is 0 Å². The summed E-state index contributed by atoms with van der Waals surface area (Å²) >= 11 is 0. The third-order valence-electron chi connectivity index (χ3n) is 3.67. The summed E-state index contributed by atoms with van der Waals surface area (Å²) in [6, 6.07) is 11.6. The monoisotopic (exact) mass is 362 g/mol. The smallest absolute Gasteiger partial charge is 0.256 e. The number of aryl methyl sites for hydroxylation is 1. The zero-order chi connectivity index (χ0) is 18.6. The summed E-state index contributed by atoms with van der Waals surface area (Å²) in [6.45, 7) is 4.09. The Balaban J connectivity index is 2.37. The molecule has 2 rings (SSSR count). The van der Waals surface area contributed by atoms with Crippen LogP contribution in [-0.2, 0) is 10.0 Å². The van der Waals surface area contributed by atoms with Crippen LogP contribution in [0.2, 0.25) is 0 Å². The minimum Gasteiger partial charge on any atom is -0.492 e. The van der Waals surface area contributed by atoms with Gasteiger partial charge in [-0.1, -0.05) is 18.2 Å². The van der Waals surface area contributed by atoms with Crippen molar-refractivity contribution in [2.75, 3.05) is 26.0 Å². The van der Waals surface area contributed by atoms with Crippen LogP contribution >= 0.6 is 0 Å². The van der Waals surface area contributed by atoms with Gasteiger partial charge in [-0.2, -0.15) is 0 Å². The first-order chi connectivity index (χ1) is 11.8. The second kappa shape index (κ2) is 7.67. The molecular formula is C18H22N2O4S. The van der Waals surface area contributed by atoms with Crippen molar-refractivity contribution in [2.24, 2.45) is 0 Å². The van der Waals surface area contributed by atoms with Gasteiger partial charge in [0.25, 0.3) is 5.91 Å². The molecule has 0 unspecified atom stereocenters. The Hall–Kier alpha value is -2.38. The predicted molar refractivity (Wildman–Crippen MR) is 97.6 cm³/mol. The second-order valence-electron chi connectivity index (χ2n) is 5.65. The zero-order valence-electron chi connectivity index (χ0n) is 14.7. The Morgan fingerprint density at radius 1 is 1.16 bits per heavy atom. The summed E-state index contributed by atoms with van der Waals surface area (Å²) < 4.78 is 31.2. The van der Waals surface area contributed by atoms with Crippen LogP contribution in [0.1, 0.15) is 22.8 Å². The van der Waals surface area contributed by atoms with E-state index in [4.69, 9.17) is 4.74 Å².